The second-order valence-electron chi connectivity index (χ2n) is 7.01. The standard InChI is InChI=1S/C17H21O/c1-11-3-2-4-15(18)16(11)17-8-12-5-13(9-17)7-14(6-12)10-17/h2-4,12-14,18H,1,5-10H2. The number of phenolic OH excluding ortho intramolecular Hbond substituents is 1. The molecule has 0 aliphatic heterocycles. The van der Waals surface area contributed by atoms with Crippen molar-refractivity contribution in [3.63, 3.8) is 0 Å². The minimum absolute atomic E-state index is 0.261. The highest BCUT2D eigenvalue weighted by molar-refractivity contribution is 5.47. The van der Waals surface area contributed by atoms with Crippen molar-refractivity contribution in [2.24, 2.45) is 17.8 Å². The molecule has 0 spiro atoms. The van der Waals surface area contributed by atoms with Gasteiger partial charge in [0.1, 0.15) is 5.75 Å². The minimum Gasteiger partial charge on any atom is -0.508 e. The molecule has 95 valence electrons. The van der Waals surface area contributed by atoms with E-state index in [0.29, 0.717) is 5.75 Å². The van der Waals surface area contributed by atoms with Crippen LogP contribution in [0.25, 0.3) is 0 Å². The Morgan fingerprint density at radius 1 is 1.00 bits per heavy atom. The lowest BCUT2D eigenvalue weighted by Crippen LogP contribution is -2.48. The Bertz CT molecular complexity index is 433. The SMILES string of the molecule is [CH2]c1cccc(O)c1C12CC3CC(CC(C3)C1)C2. The van der Waals surface area contributed by atoms with Crippen LogP contribution in [0.2, 0.25) is 0 Å². The van der Waals surface area contributed by atoms with Gasteiger partial charge < -0.3 is 5.11 Å². The van der Waals surface area contributed by atoms with E-state index < -0.39 is 0 Å². The Balaban J connectivity index is 1.84. The van der Waals surface area contributed by atoms with Crippen LogP contribution in [-0.2, 0) is 5.41 Å². The summed E-state index contributed by atoms with van der Waals surface area (Å²) >= 11 is 0. The van der Waals surface area contributed by atoms with Crippen LogP contribution in [0.15, 0.2) is 18.2 Å². The number of hydrogen-bond acceptors (Lipinski definition) is 1. The summed E-state index contributed by atoms with van der Waals surface area (Å²) in [6.45, 7) is 4.18. The summed E-state index contributed by atoms with van der Waals surface area (Å²) in [4.78, 5) is 0. The minimum atomic E-state index is 0.261. The smallest absolute Gasteiger partial charge is 0.119 e. The third-order valence-corrected chi connectivity index (χ3v) is 5.70. The maximum atomic E-state index is 10.3. The van der Waals surface area contributed by atoms with Gasteiger partial charge in [0.2, 0.25) is 0 Å². The lowest BCUT2D eigenvalue weighted by atomic mass is 9.47. The molecule has 1 aromatic carbocycles. The molecule has 0 heterocycles. The van der Waals surface area contributed by atoms with Crippen LogP contribution in [0.4, 0.5) is 0 Å². The van der Waals surface area contributed by atoms with Crippen LogP contribution in [0, 0.1) is 24.7 Å². The molecule has 0 saturated heterocycles. The normalized spacial score (nSPS) is 41.3. The van der Waals surface area contributed by atoms with Crippen molar-refractivity contribution in [2.75, 3.05) is 0 Å². The van der Waals surface area contributed by atoms with Crippen molar-refractivity contribution in [1.82, 2.24) is 0 Å². The molecule has 1 N–H and O–H groups in total. The second kappa shape index (κ2) is 3.53. The zero-order valence-corrected chi connectivity index (χ0v) is 10.9. The Hall–Kier alpha value is -0.980. The van der Waals surface area contributed by atoms with E-state index in [-0.39, 0.29) is 5.41 Å². The molecule has 1 aromatic rings. The van der Waals surface area contributed by atoms with Gasteiger partial charge in [0.05, 0.1) is 0 Å². The number of phenols is 1. The van der Waals surface area contributed by atoms with Crippen molar-refractivity contribution in [1.29, 1.82) is 0 Å². The molecule has 1 radical (unpaired) electrons. The Labute approximate surface area is 109 Å². The fraction of sp³-hybridized carbons (Fsp3) is 0.588. The average Bonchev–Trinajstić information content (AvgIpc) is 2.26. The predicted octanol–water partition coefficient (Wildman–Crippen LogP) is 4.04. The zero-order valence-electron chi connectivity index (χ0n) is 10.9. The van der Waals surface area contributed by atoms with Crippen LogP contribution in [-0.4, -0.2) is 5.11 Å². The van der Waals surface area contributed by atoms with E-state index in [0.717, 1.165) is 23.3 Å². The van der Waals surface area contributed by atoms with Gasteiger partial charge in [-0.05, 0) is 74.8 Å². The van der Waals surface area contributed by atoms with Gasteiger partial charge in [-0.2, -0.15) is 0 Å². The maximum Gasteiger partial charge on any atom is 0.119 e. The third kappa shape index (κ3) is 1.39. The quantitative estimate of drug-likeness (QED) is 0.786. The predicted molar refractivity (Wildman–Crippen MR) is 72.4 cm³/mol. The fourth-order valence-corrected chi connectivity index (χ4v) is 5.62. The summed E-state index contributed by atoms with van der Waals surface area (Å²) in [6, 6.07) is 5.83. The topological polar surface area (TPSA) is 20.2 Å². The highest BCUT2D eigenvalue weighted by Gasteiger charge is 2.52. The van der Waals surface area contributed by atoms with E-state index in [2.05, 4.69) is 13.0 Å². The lowest BCUT2D eigenvalue weighted by molar-refractivity contribution is -0.00629. The number of aromatic hydroxyl groups is 1. The van der Waals surface area contributed by atoms with E-state index in [4.69, 9.17) is 0 Å². The fourth-order valence-electron chi connectivity index (χ4n) is 5.62. The molecule has 1 nitrogen and oxygen atoms in total. The first-order valence-corrected chi connectivity index (χ1v) is 7.31. The lowest BCUT2D eigenvalue weighted by Gasteiger charge is -2.57. The second-order valence-corrected chi connectivity index (χ2v) is 7.01. The first-order valence-electron chi connectivity index (χ1n) is 7.31. The van der Waals surface area contributed by atoms with Crippen molar-refractivity contribution < 1.29 is 5.11 Å². The Morgan fingerprint density at radius 3 is 2.06 bits per heavy atom. The van der Waals surface area contributed by atoms with Gasteiger partial charge in [-0.25, -0.2) is 0 Å². The van der Waals surface area contributed by atoms with Crippen LogP contribution >= 0.6 is 0 Å². The molecule has 5 rings (SSSR count). The first-order chi connectivity index (χ1) is 8.66. The first kappa shape index (κ1) is 10.9. The summed E-state index contributed by atoms with van der Waals surface area (Å²) < 4.78 is 0. The number of rotatable bonds is 1. The van der Waals surface area contributed by atoms with Gasteiger partial charge in [0.25, 0.3) is 0 Å². The van der Waals surface area contributed by atoms with E-state index >= 15 is 0 Å². The number of hydrogen-bond donors (Lipinski definition) is 1. The van der Waals surface area contributed by atoms with E-state index in [1.54, 1.807) is 0 Å². The van der Waals surface area contributed by atoms with Crippen molar-refractivity contribution in [3.05, 3.63) is 36.2 Å². The molecule has 4 bridgehead atoms. The van der Waals surface area contributed by atoms with Gasteiger partial charge in [0, 0.05) is 11.0 Å². The maximum absolute atomic E-state index is 10.3. The largest absolute Gasteiger partial charge is 0.508 e. The molecule has 1 heteroatoms. The van der Waals surface area contributed by atoms with Crippen molar-refractivity contribution >= 4 is 0 Å². The highest BCUT2D eigenvalue weighted by atomic mass is 16.3. The zero-order chi connectivity index (χ0) is 12.3. The molecular weight excluding hydrogens is 220 g/mol. The summed E-state index contributed by atoms with van der Waals surface area (Å²) in [7, 11) is 0. The molecule has 4 aliphatic rings. The van der Waals surface area contributed by atoms with Gasteiger partial charge in [-0.1, -0.05) is 12.1 Å². The van der Waals surface area contributed by atoms with E-state index in [9.17, 15) is 5.11 Å². The highest BCUT2D eigenvalue weighted by Crippen LogP contribution is 2.62. The van der Waals surface area contributed by atoms with Gasteiger partial charge in [-0.15, -0.1) is 0 Å². The van der Waals surface area contributed by atoms with Crippen LogP contribution in [0.1, 0.15) is 49.7 Å². The summed E-state index contributed by atoms with van der Waals surface area (Å²) in [5, 5.41) is 10.3. The van der Waals surface area contributed by atoms with E-state index in [1.807, 2.05) is 12.1 Å². The van der Waals surface area contributed by atoms with Crippen molar-refractivity contribution in [2.45, 2.75) is 43.9 Å². The van der Waals surface area contributed by atoms with E-state index in [1.165, 1.54) is 44.1 Å². The molecular formula is C17H21O. The van der Waals surface area contributed by atoms with Crippen LogP contribution in [0.3, 0.4) is 0 Å². The average molecular weight is 241 g/mol. The Kier molecular flexibility index (Phi) is 2.13. The van der Waals surface area contributed by atoms with Crippen molar-refractivity contribution in [3.8, 4) is 5.75 Å². The molecule has 0 aromatic heterocycles. The number of benzene rings is 1. The third-order valence-electron chi connectivity index (χ3n) is 5.70. The molecule has 4 fully saturated rings. The Morgan fingerprint density at radius 2 is 1.56 bits per heavy atom. The molecule has 0 atom stereocenters. The van der Waals surface area contributed by atoms with Crippen LogP contribution in [0.5, 0.6) is 5.75 Å². The molecule has 4 saturated carbocycles. The monoisotopic (exact) mass is 241 g/mol. The molecule has 18 heavy (non-hydrogen) atoms. The molecule has 4 aliphatic carbocycles. The summed E-state index contributed by atoms with van der Waals surface area (Å²) in [5.74, 6) is 3.23. The van der Waals surface area contributed by atoms with Crippen LogP contribution < -0.4 is 0 Å². The summed E-state index contributed by atoms with van der Waals surface area (Å²) in [6.07, 6.45) is 8.20. The van der Waals surface area contributed by atoms with Gasteiger partial charge in [0.15, 0.2) is 0 Å². The molecule has 0 amide bonds. The molecule has 0 unspecified atom stereocenters. The van der Waals surface area contributed by atoms with Gasteiger partial charge >= 0.3 is 0 Å². The summed E-state index contributed by atoms with van der Waals surface area (Å²) in [5.41, 5.74) is 2.50. The van der Waals surface area contributed by atoms with Gasteiger partial charge in [-0.3, -0.25) is 0 Å².